The molecular formula is C27H33N5O4. The average Bonchev–Trinajstić information content (AvgIpc) is 3.20. The SMILES string of the molecule is COc1ccc(C(=O)N2CCN(CCC(=O)Nc3c(C)nn(-c4ccccc4)c3C)CC2)cc1OC. The van der Waals surface area contributed by atoms with Crippen LogP contribution in [0.25, 0.3) is 5.69 Å². The van der Waals surface area contributed by atoms with Gasteiger partial charge in [0.1, 0.15) is 0 Å². The number of rotatable bonds is 8. The molecule has 1 aliphatic heterocycles. The lowest BCUT2D eigenvalue weighted by Gasteiger charge is -2.34. The third-order valence-electron chi connectivity index (χ3n) is 6.50. The maximum absolute atomic E-state index is 13.0. The minimum atomic E-state index is -0.0438. The van der Waals surface area contributed by atoms with Gasteiger partial charge >= 0.3 is 0 Å². The Labute approximate surface area is 211 Å². The van der Waals surface area contributed by atoms with E-state index in [1.54, 1.807) is 32.4 Å². The van der Waals surface area contributed by atoms with Crippen molar-refractivity contribution in [2.75, 3.05) is 52.3 Å². The standard InChI is InChI=1S/C27H33N5O4/c1-19-26(20(2)32(29-19)22-8-6-5-7-9-22)28-25(33)12-13-30-14-16-31(17-15-30)27(34)21-10-11-23(35-3)24(18-21)36-4/h5-11,18H,12-17H2,1-4H3,(H,28,33). The van der Waals surface area contributed by atoms with Crippen LogP contribution in [0.1, 0.15) is 28.2 Å². The van der Waals surface area contributed by atoms with E-state index in [9.17, 15) is 9.59 Å². The Balaban J connectivity index is 1.28. The quantitative estimate of drug-likeness (QED) is 0.520. The van der Waals surface area contributed by atoms with Crippen molar-refractivity contribution in [3.63, 3.8) is 0 Å². The van der Waals surface area contributed by atoms with Crippen LogP contribution in [0.3, 0.4) is 0 Å². The van der Waals surface area contributed by atoms with E-state index >= 15 is 0 Å². The van der Waals surface area contributed by atoms with Gasteiger partial charge in [-0.1, -0.05) is 18.2 Å². The van der Waals surface area contributed by atoms with E-state index in [2.05, 4.69) is 15.3 Å². The van der Waals surface area contributed by atoms with Gasteiger partial charge in [-0.2, -0.15) is 5.10 Å². The zero-order valence-corrected chi connectivity index (χ0v) is 21.3. The number of piperazine rings is 1. The average molecular weight is 492 g/mol. The van der Waals surface area contributed by atoms with Crippen molar-refractivity contribution in [3.05, 3.63) is 65.5 Å². The minimum Gasteiger partial charge on any atom is -0.493 e. The van der Waals surface area contributed by atoms with E-state index in [0.29, 0.717) is 43.1 Å². The molecule has 2 aromatic carbocycles. The predicted octanol–water partition coefficient (Wildman–Crippen LogP) is 3.29. The Morgan fingerprint density at radius 2 is 1.64 bits per heavy atom. The summed E-state index contributed by atoms with van der Waals surface area (Å²) in [7, 11) is 3.12. The van der Waals surface area contributed by atoms with E-state index in [4.69, 9.17) is 9.47 Å². The van der Waals surface area contributed by atoms with Gasteiger partial charge in [0.15, 0.2) is 11.5 Å². The van der Waals surface area contributed by atoms with Gasteiger partial charge in [0.2, 0.25) is 5.91 Å². The molecule has 0 spiro atoms. The molecule has 190 valence electrons. The molecule has 36 heavy (non-hydrogen) atoms. The number of nitrogens with one attached hydrogen (secondary N) is 1. The molecule has 1 aliphatic rings. The molecule has 3 aromatic rings. The number of aromatic nitrogens is 2. The first-order chi connectivity index (χ1) is 17.4. The van der Waals surface area contributed by atoms with Gasteiger partial charge in [0.05, 0.1) is 37.0 Å². The first-order valence-corrected chi connectivity index (χ1v) is 12.1. The molecule has 2 heterocycles. The monoisotopic (exact) mass is 491 g/mol. The molecular weight excluding hydrogens is 458 g/mol. The number of hydrogen-bond acceptors (Lipinski definition) is 6. The van der Waals surface area contributed by atoms with Crippen molar-refractivity contribution in [2.24, 2.45) is 0 Å². The molecule has 0 radical (unpaired) electrons. The van der Waals surface area contributed by atoms with Gasteiger partial charge in [0, 0.05) is 44.7 Å². The molecule has 1 aromatic heterocycles. The molecule has 0 bridgehead atoms. The fourth-order valence-electron chi connectivity index (χ4n) is 4.43. The Hall–Kier alpha value is -3.85. The van der Waals surface area contributed by atoms with Crippen molar-refractivity contribution in [1.29, 1.82) is 0 Å². The van der Waals surface area contributed by atoms with E-state index in [-0.39, 0.29) is 11.8 Å². The summed E-state index contributed by atoms with van der Waals surface area (Å²) in [6, 6.07) is 15.1. The summed E-state index contributed by atoms with van der Waals surface area (Å²) in [5.41, 5.74) is 3.97. The number of anilines is 1. The number of nitrogens with zero attached hydrogens (tertiary/aromatic N) is 4. The molecule has 0 atom stereocenters. The largest absolute Gasteiger partial charge is 0.493 e. The topological polar surface area (TPSA) is 88.9 Å². The van der Waals surface area contributed by atoms with Crippen molar-refractivity contribution < 1.29 is 19.1 Å². The number of benzene rings is 2. The third kappa shape index (κ3) is 5.52. The summed E-state index contributed by atoms with van der Waals surface area (Å²) in [5, 5.41) is 7.63. The molecule has 4 rings (SSSR count). The van der Waals surface area contributed by atoms with Gasteiger partial charge in [-0.05, 0) is 44.2 Å². The number of carbonyl (C=O) groups excluding carboxylic acids is 2. The van der Waals surface area contributed by atoms with Crippen molar-refractivity contribution in [2.45, 2.75) is 20.3 Å². The Kier molecular flexibility index (Phi) is 7.90. The summed E-state index contributed by atoms with van der Waals surface area (Å²) in [6.07, 6.45) is 0.374. The van der Waals surface area contributed by atoms with Gasteiger partial charge in [-0.15, -0.1) is 0 Å². The summed E-state index contributed by atoms with van der Waals surface area (Å²) in [5.74, 6) is 1.05. The van der Waals surface area contributed by atoms with Gasteiger partial charge in [0.25, 0.3) is 5.91 Å². The second kappa shape index (κ2) is 11.3. The molecule has 0 aliphatic carbocycles. The number of amides is 2. The number of para-hydroxylation sites is 1. The van der Waals surface area contributed by atoms with Crippen LogP contribution in [0.2, 0.25) is 0 Å². The van der Waals surface area contributed by atoms with Crippen LogP contribution in [0.15, 0.2) is 48.5 Å². The zero-order valence-electron chi connectivity index (χ0n) is 21.3. The fraction of sp³-hybridized carbons (Fsp3) is 0.370. The van der Waals surface area contributed by atoms with Gasteiger partial charge in [-0.25, -0.2) is 4.68 Å². The number of hydrogen-bond donors (Lipinski definition) is 1. The summed E-state index contributed by atoms with van der Waals surface area (Å²) in [6.45, 7) is 7.14. The molecule has 1 N–H and O–H groups in total. The number of methoxy groups -OCH3 is 2. The number of aryl methyl sites for hydroxylation is 1. The predicted molar refractivity (Wildman–Crippen MR) is 138 cm³/mol. The van der Waals surface area contributed by atoms with Crippen molar-refractivity contribution >= 4 is 17.5 Å². The highest BCUT2D eigenvalue weighted by Crippen LogP contribution is 2.28. The molecule has 9 heteroatoms. The van der Waals surface area contributed by atoms with Crippen LogP contribution < -0.4 is 14.8 Å². The van der Waals surface area contributed by atoms with Gasteiger partial charge < -0.3 is 19.7 Å². The normalized spacial score (nSPS) is 13.9. The summed E-state index contributed by atoms with van der Waals surface area (Å²) >= 11 is 0. The maximum Gasteiger partial charge on any atom is 0.254 e. The maximum atomic E-state index is 13.0. The molecule has 1 fully saturated rings. The Morgan fingerprint density at radius 3 is 2.31 bits per heavy atom. The molecule has 1 saturated heterocycles. The first kappa shape index (κ1) is 25.2. The summed E-state index contributed by atoms with van der Waals surface area (Å²) < 4.78 is 12.4. The molecule has 2 amide bonds. The lowest BCUT2D eigenvalue weighted by Crippen LogP contribution is -2.49. The van der Waals surface area contributed by atoms with Crippen molar-refractivity contribution in [3.8, 4) is 17.2 Å². The molecule has 9 nitrogen and oxygen atoms in total. The third-order valence-corrected chi connectivity index (χ3v) is 6.50. The van der Waals surface area contributed by atoms with Crippen LogP contribution >= 0.6 is 0 Å². The first-order valence-electron chi connectivity index (χ1n) is 12.1. The van der Waals surface area contributed by atoms with Gasteiger partial charge in [-0.3, -0.25) is 14.5 Å². The highest BCUT2D eigenvalue weighted by Gasteiger charge is 2.24. The van der Waals surface area contributed by atoms with Crippen LogP contribution in [-0.4, -0.2) is 78.3 Å². The smallest absolute Gasteiger partial charge is 0.254 e. The van der Waals surface area contributed by atoms with E-state index in [1.165, 1.54) is 0 Å². The van der Waals surface area contributed by atoms with E-state index < -0.39 is 0 Å². The highest BCUT2D eigenvalue weighted by molar-refractivity contribution is 5.95. The van der Waals surface area contributed by atoms with Crippen LogP contribution in [0.5, 0.6) is 11.5 Å². The lowest BCUT2D eigenvalue weighted by molar-refractivity contribution is -0.116. The number of carbonyl (C=O) groups is 2. The van der Waals surface area contributed by atoms with Crippen LogP contribution in [0.4, 0.5) is 5.69 Å². The Bertz CT molecular complexity index is 1220. The van der Waals surface area contributed by atoms with Crippen molar-refractivity contribution in [1.82, 2.24) is 19.6 Å². The molecule has 0 saturated carbocycles. The second-order valence-electron chi connectivity index (χ2n) is 8.79. The van der Waals surface area contributed by atoms with Crippen LogP contribution in [0, 0.1) is 13.8 Å². The Morgan fingerprint density at radius 1 is 0.944 bits per heavy atom. The zero-order chi connectivity index (χ0) is 25.7. The summed E-state index contributed by atoms with van der Waals surface area (Å²) in [4.78, 5) is 29.7. The van der Waals surface area contributed by atoms with E-state index in [0.717, 1.165) is 35.9 Å². The number of ether oxygens (including phenoxy) is 2. The lowest BCUT2D eigenvalue weighted by atomic mass is 10.1. The highest BCUT2D eigenvalue weighted by atomic mass is 16.5. The second-order valence-corrected chi connectivity index (χ2v) is 8.79. The molecule has 0 unspecified atom stereocenters. The minimum absolute atomic E-state index is 0.0327. The van der Waals surface area contributed by atoms with E-state index in [1.807, 2.05) is 53.8 Å². The fourth-order valence-corrected chi connectivity index (χ4v) is 4.43. The van der Waals surface area contributed by atoms with Crippen LogP contribution in [-0.2, 0) is 4.79 Å².